The number of rotatable bonds is 8. The number of nitrogens with one attached hydrogen (secondary N) is 2. The highest BCUT2D eigenvalue weighted by Gasteiger charge is 2.08. The van der Waals surface area contributed by atoms with E-state index >= 15 is 0 Å². The Morgan fingerprint density at radius 1 is 1.00 bits per heavy atom. The molecule has 0 radical (unpaired) electrons. The van der Waals surface area contributed by atoms with Crippen molar-refractivity contribution in [3.8, 4) is 0 Å². The van der Waals surface area contributed by atoms with Crippen LogP contribution in [0.4, 0.5) is 0 Å². The molecular weight excluding hydrogens is 457 g/mol. The molecule has 0 spiro atoms. The summed E-state index contributed by atoms with van der Waals surface area (Å²) < 4.78 is 0. The van der Waals surface area contributed by atoms with Crippen molar-refractivity contribution >= 4 is 41.8 Å². The standard InChI is InChI=1S/C19H31N5O2.HI/c1-6-7-12-20-19(22-14-17(25)23(2)3)21-13-15-8-10-16(11-9-15)18(26)24(4)5;/h8-11H,6-7,12-14H2,1-5H3,(H2,20,21,22);1H. The second-order valence-corrected chi connectivity index (χ2v) is 6.48. The van der Waals surface area contributed by atoms with E-state index in [-0.39, 0.29) is 42.3 Å². The predicted molar refractivity (Wildman–Crippen MR) is 121 cm³/mol. The Kier molecular flexibility index (Phi) is 12.4. The summed E-state index contributed by atoms with van der Waals surface area (Å²) in [5.41, 5.74) is 1.65. The molecule has 0 aromatic heterocycles. The molecule has 0 aliphatic rings. The van der Waals surface area contributed by atoms with Crippen LogP contribution in [-0.2, 0) is 11.3 Å². The maximum atomic E-state index is 11.9. The van der Waals surface area contributed by atoms with E-state index in [9.17, 15) is 9.59 Å². The van der Waals surface area contributed by atoms with Gasteiger partial charge in [0.15, 0.2) is 5.96 Å². The van der Waals surface area contributed by atoms with Crippen molar-refractivity contribution in [1.29, 1.82) is 0 Å². The minimum Gasteiger partial charge on any atom is -0.356 e. The van der Waals surface area contributed by atoms with Gasteiger partial charge in [0.25, 0.3) is 5.91 Å². The van der Waals surface area contributed by atoms with Gasteiger partial charge in [-0.25, -0.2) is 4.99 Å². The lowest BCUT2D eigenvalue weighted by Gasteiger charge is -2.15. The van der Waals surface area contributed by atoms with Crippen molar-refractivity contribution in [2.75, 3.05) is 41.3 Å². The summed E-state index contributed by atoms with van der Waals surface area (Å²) >= 11 is 0. The molecule has 0 saturated carbocycles. The van der Waals surface area contributed by atoms with Crippen LogP contribution in [0.25, 0.3) is 0 Å². The zero-order valence-electron chi connectivity index (χ0n) is 16.9. The highest BCUT2D eigenvalue weighted by atomic mass is 127. The number of amides is 2. The van der Waals surface area contributed by atoms with Gasteiger partial charge in [0.1, 0.15) is 0 Å². The van der Waals surface area contributed by atoms with Crippen LogP contribution in [0, 0.1) is 0 Å². The van der Waals surface area contributed by atoms with Gasteiger partial charge < -0.3 is 20.4 Å². The molecule has 0 atom stereocenters. The summed E-state index contributed by atoms with van der Waals surface area (Å²) in [5.74, 6) is 0.578. The number of nitrogens with zero attached hydrogens (tertiary/aromatic N) is 3. The van der Waals surface area contributed by atoms with Gasteiger partial charge in [-0.15, -0.1) is 24.0 Å². The van der Waals surface area contributed by atoms with E-state index in [4.69, 9.17) is 0 Å². The maximum Gasteiger partial charge on any atom is 0.253 e. The molecule has 0 unspecified atom stereocenters. The lowest BCUT2D eigenvalue weighted by atomic mass is 10.1. The molecule has 1 aromatic rings. The summed E-state index contributed by atoms with van der Waals surface area (Å²) in [5, 5.41) is 6.30. The summed E-state index contributed by atoms with van der Waals surface area (Å²) in [6, 6.07) is 7.41. The fraction of sp³-hybridized carbons (Fsp3) is 0.526. The summed E-state index contributed by atoms with van der Waals surface area (Å²) in [6.07, 6.45) is 2.11. The SMILES string of the molecule is CCCCNC(=NCc1ccc(C(=O)N(C)C)cc1)NCC(=O)N(C)C.I. The van der Waals surface area contributed by atoms with Crippen molar-refractivity contribution in [2.45, 2.75) is 26.3 Å². The molecule has 0 fully saturated rings. The Labute approximate surface area is 179 Å². The molecule has 0 aliphatic heterocycles. The van der Waals surface area contributed by atoms with E-state index in [1.165, 1.54) is 4.90 Å². The number of benzene rings is 1. The number of aliphatic imine (C=N–C) groups is 1. The van der Waals surface area contributed by atoms with E-state index in [1.54, 1.807) is 45.2 Å². The number of hydrogen-bond donors (Lipinski definition) is 2. The molecule has 152 valence electrons. The smallest absolute Gasteiger partial charge is 0.253 e. The zero-order valence-corrected chi connectivity index (χ0v) is 19.2. The molecule has 1 rings (SSSR count). The molecule has 27 heavy (non-hydrogen) atoms. The minimum absolute atomic E-state index is 0. The van der Waals surface area contributed by atoms with E-state index < -0.39 is 0 Å². The van der Waals surface area contributed by atoms with Crippen LogP contribution in [0.1, 0.15) is 35.7 Å². The van der Waals surface area contributed by atoms with Crippen LogP contribution in [0.2, 0.25) is 0 Å². The lowest BCUT2D eigenvalue weighted by molar-refractivity contribution is -0.127. The van der Waals surface area contributed by atoms with Crippen LogP contribution in [0.5, 0.6) is 0 Å². The third-order valence-electron chi connectivity index (χ3n) is 3.76. The van der Waals surface area contributed by atoms with Crippen molar-refractivity contribution in [1.82, 2.24) is 20.4 Å². The van der Waals surface area contributed by atoms with Crippen molar-refractivity contribution in [2.24, 2.45) is 4.99 Å². The molecule has 0 heterocycles. The van der Waals surface area contributed by atoms with Crippen LogP contribution in [-0.4, -0.2) is 68.9 Å². The first-order valence-corrected chi connectivity index (χ1v) is 8.88. The number of carbonyl (C=O) groups is 2. The highest BCUT2D eigenvalue weighted by Crippen LogP contribution is 2.07. The quantitative estimate of drug-likeness (QED) is 0.253. The number of carbonyl (C=O) groups excluding carboxylic acids is 2. The Morgan fingerprint density at radius 3 is 2.15 bits per heavy atom. The average molecular weight is 489 g/mol. The summed E-state index contributed by atoms with van der Waals surface area (Å²) in [4.78, 5) is 31.3. The van der Waals surface area contributed by atoms with Crippen LogP contribution in [0.15, 0.2) is 29.3 Å². The molecule has 2 amide bonds. The van der Waals surface area contributed by atoms with Gasteiger partial charge in [-0.1, -0.05) is 25.5 Å². The van der Waals surface area contributed by atoms with Crippen LogP contribution < -0.4 is 10.6 Å². The van der Waals surface area contributed by atoms with Gasteiger partial charge in [0.05, 0.1) is 13.1 Å². The topological polar surface area (TPSA) is 77.0 Å². The summed E-state index contributed by atoms with van der Waals surface area (Å²) in [6.45, 7) is 3.59. The number of guanidine groups is 1. The fourth-order valence-electron chi connectivity index (χ4n) is 2.06. The Hall–Kier alpha value is -1.84. The molecule has 0 bridgehead atoms. The zero-order chi connectivity index (χ0) is 19.5. The molecule has 2 N–H and O–H groups in total. The second kappa shape index (κ2) is 13.3. The van der Waals surface area contributed by atoms with Gasteiger partial charge in [-0.2, -0.15) is 0 Å². The van der Waals surface area contributed by atoms with Gasteiger partial charge >= 0.3 is 0 Å². The maximum absolute atomic E-state index is 11.9. The third kappa shape index (κ3) is 9.60. The number of unbranched alkanes of at least 4 members (excludes halogenated alkanes) is 1. The highest BCUT2D eigenvalue weighted by molar-refractivity contribution is 14.0. The molecule has 0 aliphatic carbocycles. The Bertz CT molecular complexity index is 615. The Balaban J connectivity index is 0.00000676. The first-order valence-electron chi connectivity index (χ1n) is 8.88. The van der Waals surface area contributed by atoms with Gasteiger partial charge in [0, 0.05) is 40.3 Å². The Morgan fingerprint density at radius 2 is 1.63 bits per heavy atom. The molecule has 1 aromatic carbocycles. The van der Waals surface area contributed by atoms with E-state index in [1.807, 2.05) is 12.1 Å². The number of likely N-dealkylation sites (N-methyl/N-ethyl adjacent to an activating group) is 1. The third-order valence-corrected chi connectivity index (χ3v) is 3.76. The van der Waals surface area contributed by atoms with Crippen molar-refractivity contribution < 1.29 is 9.59 Å². The molecule has 7 nitrogen and oxygen atoms in total. The first-order chi connectivity index (χ1) is 12.3. The molecule has 0 saturated heterocycles. The first kappa shape index (κ1) is 25.2. The average Bonchev–Trinajstić information content (AvgIpc) is 2.62. The minimum atomic E-state index is -0.0224. The lowest BCUT2D eigenvalue weighted by Crippen LogP contribution is -2.43. The molecule has 8 heteroatoms. The second-order valence-electron chi connectivity index (χ2n) is 6.48. The van der Waals surface area contributed by atoms with Crippen LogP contribution in [0.3, 0.4) is 0 Å². The number of halogens is 1. The van der Waals surface area contributed by atoms with Gasteiger partial charge in [0.2, 0.25) is 5.91 Å². The van der Waals surface area contributed by atoms with Crippen molar-refractivity contribution in [3.05, 3.63) is 35.4 Å². The van der Waals surface area contributed by atoms with E-state index in [0.717, 1.165) is 24.9 Å². The fourth-order valence-corrected chi connectivity index (χ4v) is 2.06. The number of hydrogen-bond acceptors (Lipinski definition) is 3. The predicted octanol–water partition coefficient (Wildman–Crippen LogP) is 1.93. The van der Waals surface area contributed by atoms with Crippen molar-refractivity contribution in [3.63, 3.8) is 0 Å². The largest absolute Gasteiger partial charge is 0.356 e. The molecular formula is C19H32IN5O2. The van der Waals surface area contributed by atoms with Gasteiger partial charge in [-0.3, -0.25) is 9.59 Å². The summed E-state index contributed by atoms with van der Waals surface area (Å²) in [7, 11) is 6.91. The van der Waals surface area contributed by atoms with E-state index in [2.05, 4.69) is 22.5 Å². The van der Waals surface area contributed by atoms with Gasteiger partial charge in [-0.05, 0) is 24.1 Å². The monoisotopic (exact) mass is 489 g/mol. The van der Waals surface area contributed by atoms with E-state index in [0.29, 0.717) is 18.1 Å². The normalized spacial score (nSPS) is 10.6. The van der Waals surface area contributed by atoms with Crippen LogP contribution >= 0.6 is 24.0 Å².